The van der Waals surface area contributed by atoms with E-state index in [9.17, 15) is 4.21 Å². The smallest absolute Gasteiger partial charge is 0.158 e. The van der Waals surface area contributed by atoms with Crippen molar-refractivity contribution in [1.82, 2.24) is 0 Å². The summed E-state index contributed by atoms with van der Waals surface area (Å²) in [5.74, 6) is 0.628. The van der Waals surface area contributed by atoms with E-state index in [2.05, 4.69) is 0 Å². The van der Waals surface area contributed by atoms with Crippen molar-refractivity contribution in [2.45, 2.75) is 51.3 Å². The fourth-order valence-electron chi connectivity index (χ4n) is 2.01. The van der Waals surface area contributed by atoms with Gasteiger partial charge in [0.15, 0.2) is 6.29 Å². The molecule has 0 aromatic carbocycles. The van der Waals surface area contributed by atoms with Crippen LogP contribution in [0.3, 0.4) is 0 Å². The van der Waals surface area contributed by atoms with E-state index in [-0.39, 0.29) is 17.6 Å². The molecular weight excluding hydrogens is 240 g/mol. The molecule has 0 N–H and O–H groups in total. The second-order valence-electron chi connectivity index (χ2n) is 4.12. The molecule has 0 spiro atoms. The highest BCUT2D eigenvalue weighted by Gasteiger charge is 2.29. The Morgan fingerprint density at radius 3 is 2.47 bits per heavy atom. The van der Waals surface area contributed by atoms with Gasteiger partial charge in [0.25, 0.3) is 0 Å². The summed E-state index contributed by atoms with van der Waals surface area (Å²) in [5.41, 5.74) is 0. The van der Waals surface area contributed by atoms with Gasteiger partial charge in [0.2, 0.25) is 0 Å². The van der Waals surface area contributed by atoms with Crippen LogP contribution in [-0.2, 0) is 25.0 Å². The fraction of sp³-hybridized carbons (Fsp3) is 1.00. The standard InChI is InChI=1S/C12H24O4S/c1-4-14-12(15-5-2)7-9-17(13)11-6-8-16-10(11)3/h10-12H,4-9H2,1-3H3. The lowest BCUT2D eigenvalue weighted by Crippen LogP contribution is -2.27. The molecule has 0 radical (unpaired) electrons. The molecule has 0 bridgehead atoms. The van der Waals surface area contributed by atoms with Gasteiger partial charge in [-0.25, -0.2) is 0 Å². The molecule has 1 fully saturated rings. The average Bonchev–Trinajstić information content (AvgIpc) is 2.72. The molecule has 102 valence electrons. The molecule has 1 aliphatic heterocycles. The van der Waals surface area contributed by atoms with Gasteiger partial charge in [0.1, 0.15) is 0 Å². The number of rotatable bonds is 8. The Morgan fingerprint density at radius 2 is 2.00 bits per heavy atom. The zero-order chi connectivity index (χ0) is 12.7. The first-order valence-electron chi connectivity index (χ1n) is 6.41. The van der Waals surface area contributed by atoms with Crippen LogP contribution >= 0.6 is 0 Å². The predicted molar refractivity (Wildman–Crippen MR) is 68.5 cm³/mol. The average molecular weight is 264 g/mol. The zero-order valence-electron chi connectivity index (χ0n) is 11.0. The highest BCUT2D eigenvalue weighted by Crippen LogP contribution is 2.19. The van der Waals surface area contributed by atoms with Crippen molar-refractivity contribution in [3.63, 3.8) is 0 Å². The van der Waals surface area contributed by atoms with Gasteiger partial charge in [-0.1, -0.05) is 0 Å². The molecule has 0 aromatic rings. The first-order valence-corrected chi connectivity index (χ1v) is 7.79. The summed E-state index contributed by atoms with van der Waals surface area (Å²) >= 11 is 0. The Bertz CT molecular complexity index is 229. The zero-order valence-corrected chi connectivity index (χ0v) is 11.8. The van der Waals surface area contributed by atoms with Crippen LogP contribution in [0.2, 0.25) is 0 Å². The topological polar surface area (TPSA) is 44.8 Å². The third-order valence-corrected chi connectivity index (χ3v) is 4.84. The maximum Gasteiger partial charge on any atom is 0.158 e. The lowest BCUT2D eigenvalue weighted by Gasteiger charge is -2.18. The molecule has 17 heavy (non-hydrogen) atoms. The van der Waals surface area contributed by atoms with Crippen LogP contribution in [0.4, 0.5) is 0 Å². The van der Waals surface area contributed by atoms with E-state index < -0.39 is 10.8 Å². The molecular formula is C12H24O4S. The number of hydrogen-bond donors (Lipinski definition) is 0. The second-order valence-corrected chi connectivity index (χ2v) is 5.89. The molecule has 0 saturated carbocycles. The summed E-state index contributed by atoms with van der Waals surface area (Å²) < 4.78 is 28.4. The largest absolute Gasteiger partial charge is 0.377 e. The van der Waals surface area contributed by atoms with E-state index in [0.717, 1.165) is 13.0 Å². The normalized spacial score (nSPS) is 26.6. The minimum atomic E-state index is -0.838. The van der Waals surface area contributed by atoms with Gasteiger partial charge in [-0.15, -0.1) is 0 Å². The molecule has 1 rings (SSSR count). The predicted octanol–water partition coefficient (Wildman–Crippen LogP) is 1.70. The molecule has 4 nitrogen and oxygen atoms in total. The highest BCUT2D eigenvalue weighted by atomic mass is 32.2. The Hall–Kier alpha value is 0.0300. The van der Waals surface area contributed by atoms with Gasteiger partial charge in [-0.2, -0.15) is 0 Å². The van der Waals surface area contributed by atoms with Crippen molar-refractivity contribution < 1.29 is 18.4 Å². The molecule has 1 aliphatic rings. The number of hydrogen-bond acceptors (Lipinski definition) is 4. The summed E-state index contributed by atoms with van der Waals surface area (Å²) in [6.45, 7) is 7.86. The van der Waals surface area contributed by atoms with Crippen molar-refractivity contribution in [3.05, 3.63) is 0 Å². The Morgan fingerprint density at radius 1 is 1.35 bits per heavy atom. The van der Waals surface area contributed by atoms with E-state index >= 15 is 0 Å². The van der Waals surface area contributed by atoms with Crippen LogP contribution in [0.1, 0.15) is 33.6 Å². The second kappa shape index (κ2) is 8.19. The van der Waals surface area contributed by atoms with E-state index in [0.29, 0.717) is 25.4 Å². The molecule has 1 saturated heterocycles. The Labute approximate surface area is 106 Å². The van der Waals surface area contributed by atoms with Gasteiger partial charge < -0.3 is 14.2 Å². The fourth-order valence-corrected chi connectivity index (χ4v) is 3.60. The lowest BCUT2D eigenvalue weighted by molar-refractivity contribution is -0.136. The first-order chi connectivity index (χ1) is 8.19. The van der Waals surface area contributed by atoms with Crippen molar-refractivity contribution in [2.24, 2.45) is 0 Å². The number of ether oxygens (including phenoxy) is 3. The molecule has 1 heterocycles. The minimum absolute atomic E-state index is 0.119. The third kappa shape index (κ3) is 5.04. The van der Waals surface area contributed by atoms with E-state index in [4.69, 9.17) is 14.2 Å². The van der Waals surface area contributed by atoms with E-state index in [1.807, 2.05) is 20.8 Å². The summed E-state index contributed by atoms with van der Waals surface area (Å²) in [5, 5.41) is 0.180. The van der Waals surface area contributed by atoms with Crippen LogP contribution in [0, 0.1) is 0 Å². The van der Waals surface area contributed by atoms with Crippen LogP contribution in [0.25, 0.3) is 0 Å². The van der Waals surface area contributed by atoms with Crippen LogP contribution in [0.15, 0.2) is 0 Å². The molecule has 0 aromatic heterocycles. The monoisotopic (exact) mass is 264 g/mol. The maximum atomic E-state index is 12.1. The third-order valence-electron chi connectivity index (χ3n) is 2.90. The Balaban J connectivity index is 2.29. The first kappa shape index (κ1) is 15.1. The van der Waals surface area contributed by atoms with Crippen molar-refractivity contribution in [2.75, 3.05) is 25.6 Å². The van der Waals surface area contributed by atoms with Crippen molar-refractivity contribution in [1.29, 1.82) is 0 Å². The van der Waals surface area contributed by atoms with Crippen molar-refractivity contribution in [3.8, 4) is 0 Å². The van der Waals surface area contributed by atoms with Gasteiger partial charge >= 0.3 is 0 Å². The molecule has 0 aliphatic carbocycles. The molecule has 5 heteroatoms. The summed E-state index contributed by atoms with van der Waals surface area (Å²) in [7, 11) is -0.838. The summed E-state index contributed by atoms with van der Waals surface area (Å²) in [4.78, 5) is 0. The van der Waals surface area contributed by atoms with Gasteiger partial charge in [-0.05, 0) is 27.2 Å². The SMILES string of the molecule is CCOC(CCS(=O)C1CCOC1C)OCC. The summed E-state index contributed by atoms with van der Waals surface area (Å²) in [6.07, 6.45) is 1.50. The molecule has 3 atom stereocenters. The molecule has 3 unspecified atom stereocenters. The van der Waals surface area contributed by atoms with Crippen LogP contribution in [-0.4, -0.2) is 47.4 Å². The van der Waals surface area contributed by atoms with E-state index in [1.165, 1.54) is 0 Å². The van der Waals surface area contributed by atoms with Gasteiger partial charge in [0.05, 0.1) is 11.4 Å². The van der Waals surface area contributed by atoms with Gasteiger partial charge in [-0.3, -0.25) is 4.21 Å². The minimum Gasteiger partial charge on any atom is -0.377 e. The van der Waals surface area contributed by atoms with E-state index in [1.54, 1.807) is 0 Å². The van der Waals surface area contributed by atoms with Crippen LogP contribution < -0.4 is 0 Å². The van der Waals surface area contributed by atoms with Crippen LogP contribution in [0.5, 0.6) is 0 Å². The highest BCUT2D eigenvalue weighted by molar-refractivity contribution is 7.85. The van der Waals surface area contributed by atoms with Crippen molar-refractivity contribution >= 4 is 10.8 Å². The molecule has 0 amide bonds. The maximum absolute atomic E-state index is 12.1. The van der Waals surface area contributed by atoms with Gasteiger partial charge in [0, 0.05) is 42.8 Å². The lowest BCUT2D eigenvalue weighted by atomic mass is 10.3. The Kier molecular flexibility index (Phi) is 7.27. The quantitative estimate of drug-likeness (QED) is 0.626. The summed E-state index contributed by atoms with van der Waals surface area (Å²) in [6, 6.07) is 0.